The van der Waals surface area contributed by atoms with Crippen molar-refractivity contribution in [3.8, 4) is 6.07 Å². The Morgan fingerprint density at radius 1 is 0.594 bits per heavy atom. The molecule has 0 atom stereocenters. The van der Waals surface area contributed by atoms with Crippen molar-refractivity contribution in [3.05, 3.63) is 66.5 Å². The average Bonchev–Trinajstić information content (AvgIpc) is 2.89. The molecule has 8 heteroatoms. The van der Waals surface area contributed by atoms with Gasteiger partial charge in [0, 0.05) is 64.8 Å². The molecular weight excluding hydrogens is 400 g/mol. The van der Waals surface area contributed by atoms with Crippen molar-refractivity contribution in [1.29, 1.82) is 5.26 Å². The van der Waals surface area contributed by atoms with Gasteiger partial charge < -0.3 is 19.6 Å². The second kappa shape index (κ2) is 9.10. The number of hydrogen-bond acceptors (Lipinski definition) is 8. The van der Waals surface area contributed by atoms with Crippen LogP contribution in [0.3, 0.4) is 0 Å². The van der Waals surface area contributed by atoms with Crippen molar-refractivity contribution in [2.75, 3.05) is 72.0 Å². The van der Waals surface area contributed by atoms with Gasteiger partial charge in [0.25, 0.3) is 0 Å². The smallest absolute Gasteiger partial charge is 0.149 e. The predicted molar refractivity (Wildman–Crippen MR) is 126 cm³/mol. The topological polar surface area (TPSA) is 75.4 Å². The summed E-state index contributed by atoms with van der Waals surface area (Å²) in [5.74, 6) is 3.75. The average molecular weight is 427 g/mol. The summed E-state index contributed by atoms with van der Waals surface area (Å²) in [5.41, 5.74) is 0.632. The number of nitrogens with zero attached hydrogens (tertiary/aromatic N) is 8. The molecule has 3 aromatic rings. The number of hydrogen-bond donors (Lipinski definition) is 0. The molecule has 2 saturated heterocycles. The maximum atomic E-state index is 9.68. The van der Waals surface area contributed by atoms with Gasteiger partial charge in [-0.15, -0.1) is 0 Å². The molecule has 0 aromatic carbocycles. The van der Waals surface area contributed by atoms with Gasteiger partial charge in [0.15, 0.2) is 0 Å². The maximum Gasteiger partial charge on any atom is 0.149 e. The molecule has 5 rings (SSSR count). The third-order valence-corrected chi connectivity index (χ3v) is 6.11. The quantitative estimate of drug-likeness (QED) is 0.630. The summed E-state index contributed by atoms with van der Waals surface area (Å²) in [4.78, 5) is 23.0. The Labute approximate surface area is 188 Å². The van der Waals surface area contributed by atoms with Crippen molar-refractivity contribution >= 4 is 23.3 Å². The Kier molecular flexibility index (Phi) is 5.71. The van der Waals surface area contributed by atoms with Gasteiger partial charge in [-0.3, -0.25) is 0 Å². The highest BCUT2D eigenvalue weighted by molar-refractivity contribution is 5.60. The molecule has 0 spiro atoms. The van der Waals surface area contributed by atoms with E-state index in [-0.39, 0.29) is 0 Å². The van der Waals surface area contributed by atoms with E-state index in [1.54, 1.807) is 0 Å². The minimum atomic E-state index is 0.632. The van der Waals surface area contributed by atoms with Gasteiger partial charge in [-0.25, -0.2) is 15.0 Å². The Morgan fingerprint density at radius 2 is 1.09 bits per heavy atom. The molecule has 0 bridgehead atoms. The minimum Gasteiger partial charge on any atom is -0.353 e. The van der Waals surface area contributed by atoms with Gasteiger partial charge in [0.2, 0.25) is 0 Å². The van der Waals surface area contributed by atoms with E-state index in [0.717, 1.165) is 75.6 Å². The van der Waals surface area contributed by atoms with E-state index in [9.17, 15) is 5.26 Å². The number of anilines is 4. The Hall–Kier alpha value is -3.86. The van der Waals surface area contributed by atoms with E-state index in [4.69, 9.17) is 4.98 Å². The van der Waals surface area contributed by atoms with Crippen molar-refractivity contribution < 1.29 is 0 Å². The molecule has 2 aliphatic heterocycles. The van der Waals surface area contributed by atoms with E-state index >= 15 is 0 Å². The van der Waals surface area contributed by atoms with Crippen LogP contribution in [0, 0.1) is 11.3 Å². The molecule has 3 aromatic heterocycles. The van der Waals surface area contributed by atoms with Crippen molar-refractivity contribution in [2.24, 2.45) is 0 Å². The molecule has 32 heavy (non-hydrogen) atoms. The molecule has 2 fully saturated rings. The fourth-order valence-electron chi connectivity index (χ4n) is 4.34. The molecular formula is C24H26N8. The highest BCUT2D eigenvalue weighted by Crippen LogP contribution is 2.25. The second-order valence-corrected chi connectivity index (χ2v) is 7.98. The minimum absolute atomic E-state index is 0.632. The van der Waals surface area contributed by atoms with Crippen molar-refractivity contribution in [2.45, 2.75) is 0 Å². The number of aromatic nitrogens is 3. The van der Waals surface area contributed by atoms with Crippen LogP contribution in [-0.4, -0.2) is 67.3 Å². The molecule has 0 radical (unpaired) electrons. The summed E-state index contributed by atoms with van der Waals surface area (Å²) in [5, 5.41) is 9.68. The van der Waals surface area contributed by atoms with Crippen LogP contribution in [0.4, 0.5) is 23.3 Å². The summed E-state index contributed by atoms with van der Waals surface area (Å²) >= 11 is 0. The molecule has 8 nitrogen and oxygen atoms in total. The first-order valence-electron chi connectivity index (χ1n) is 11.0. The van der Waals surface area contributed by atoms with Crippen LogP contribution in [0.1, 0.15) is 5.56 Å². The lowest BCUT2D eigenvalue weighted by atomic mass is 10.2. The van der Waals surface area contributed by atoms with Gasteiger partial charge >= 0.3 is 0 Å². The monoisotopic (exact) mass is 426 g/mol. The van der Waals surface area contributed by atoms with Gasteiger partial charge in [-0.2, -0.15) is 5.26 Å². The molecule has 162 valence electrons. The normalized spacial score (nSPS) is 16.7. The second-order valence-electron chi connectivity index (χ2n) is 7.98. The zero-order valence-electron chi connectivity index (χ0n) is 18.0. The zero-order valence-corrected chi connectivity index (χ0v) is 18.0. The zero-order chi connectivity index (χ0) is 21.8. The molecule has 0 saturated carbocycles. The number of nitriles is 1. The summed E-state index contributed by atoms with van der Waals surface area (Å²) < 4.78 is 0. The molecule has 5 heterocycles. The first kappa shape index (κ1) is 20.1. The van der Waals surface area contributed by atoms with Crippen LogP contribution in [0.2, 0.25) is 0 Å². The molecule has 2 aliphatic rings. The van der Waals surface area contributed by atoms with E-state index in [1.165, 1.54) is 0 Å². The lowest BCUT2D eigenvalue weighted by Gasteiger charge is -2.38. The largest absolute Gasteiger partial charge is 0.353 e. The summed E-state index contributed by atoms with van der Waals surface area (Å²) in [6.45, 7) is 6.90. The summed E-state index contributed by atoms with van der Waals surface area (Å²) in [6.07, 6.45) is 3.66. The number of pyridine rings is 3. The maximum absolute atomic E-state index is 9.68. The van der Waals surface area contributed by atoms with Crippen LogP contribution in [-0.2, 0) is 0 Å². The van der Waals surface area contributed by atoms with E-state index < -0.39 is 0 Å². The molecule has 0 unspecified atom stereocenters. The molecule has 0 amide bonds. The number of rotatable bonds is 4. The van der Waals surface area contributed by atoms with Crippen LogP contribution in [0.5, 0.6) is 0 Å². The van der Waals surface area contributed by atoms with Gasteiger partial charge in [-0.1, -0.05) is 12.1 Å². The van der Waals surface area contributed by atoms with Crippen LogP contribution >= 0.6 is 0 Å². The summed E-state index contributed by atoms with van der Waals surface area (Å²) in [7, 11) is 0. The highest BCUT2D eigenvalue weighted by atomic mass is 15.3. The first-order chi connectivity index (χ1) is 15.8. The third kappa shape index (κ3) is 4.14. The van der Waals surface area contributed by atoms with Crippen molar-refractivity contribution in [1.82, 2.24) is 15.0 Å². The Bertz CT molecular complexity index is 1070. The fourth-order valence-corrected chi connectivity index (χ4v) is 4.34. The Balaban J connectivity index is 1.27. The molecule has 0 aliphatic carbocycles. The van der Waals surface area contributed by atoms with Gasteiger partial charge in [0.1, 0.15) is 29.3 Å². The fraction of sp³-hybridized carbons (Fsp3) is 0.333. The Morgan fingerprint density at radius 3 is 1.56 bits per heavy atom. The lowest BCUT2D eigenvalue weighted by Crippen LogP contribution is -2.48. The van der Waals surface area contributed by atoms with Crippen LogP contribution in [0.25, 0.3) is 0 Å². The van der Waals surface area contributed by atoms with Crippen molar-refractivity contribution in [3.63, 3.8) is 0 Å². The van der Waals surface area contributed by atoms with Gasteiger partial charge in [-0.05, 0) is 36.4 Å². The lowest BCUT2D eigenvalue weighted by molar-refractivity contribution is 0.631. The number of piperazine rings is 2. The summed E-state index contributed by atoms with van der Waals surface area (Å²) in [6, 6.07) is 18.2. The van der Waals surface area contributed by atoms with Crippen LogP contribution < -0.4 is 19.6 Å². The first-order valence-corrected chi connectivity index (χ1v) is 11.0. The third-order valence-electron chi connectivity index (χ3n) is 6.11. The highest BCUT2D eigenvalue weighted by Gasteiger charge is 2.24. The molecule has 0 N–H and O–H groups in total. The van der Waals surface area contributed by atoms with Crippen LogP contribution in [0.15, 0.2) is 60.9 Å². The van der Waals surface area contributed by atoms with E-state index in [1.807, 2.05) is 54.9 Å². The SMILES string of the molecule is N#Cc1ccc(N2CCN(c3ccccn3)CC2)nc1N1CCN(c2ccccn2)CC1. The standard InChI is InChI=1S/C24H26N8/c25-19-20-7-8-23(31-13-11-29(12-14-31)21-5-1-3-9-26-21)28-24(20)32-17-15-30(16-18-32)22-6-2-4-10-27-22/h1-10H,11-18H2. The van der Waals surface area contributed by atoms with Gasteiger partial charge in [0.05, 0.1) is 5.56 Å². The predicted octanol–water partition coefficient (Wildman–Crippen LogP) is 2.40. The van der Waals surface area contributed by atoms with E-state index in [0.29, 0.717) is 5.56 Å². The van der Waals surface area contributed by atoms with E-state index in [2.05, 4.69) is 41.7 Å².